The summed E-state index contributed by atoms with van der Waals surface area (Å²) in [6.07, 6.45) is 0.133. The first kappa shape index (κ1) is 15.6. The predicted molar refractivity (Wildman–Crippen MR) is 84.0 cm³/mol. The summed E-state index contributed by atoms with van der Waals surface area (Å²) < 4.78 is 5.35. The molecule has 0 aromatic heterocycles. The van der Waals surface area contributed by atoms with Gasteiger partial charge >= 0.3 is 5.97 Å². The molecule has 22 heavy (non-hydrogen) atoms. The molecule has 0 fully saturated rings. The number of carboxylic acid groups (broad SMARTS) is 1. The van der Waals surface area contributed by atoms with Gasteiger partial charge in [0.1, 0.15) is 11.8 Å². The number of anilines is 1. The molecule has 6 heteroatoms. The van der Waals surface area contributed by atoms with Crippen molar-refractivity contribution < 1.29 is 19.4 Å². The lowest BCUT2D eigenvalue weighted by Gasteiger charge is -2.17. The lowest BCUT2D eigenvalue weighted by atomic mass is 10.1. The molecule has 0 aliphatic rings. The largest absolute Gasteiger partial charge is 0.496 e. The van der Waals surface area contributed by atoms with Gasteiger partial charge in [-0.3, -0.25) is 4.79 Å². The Morgan fingerprint density at radius 1 is 1.32 bits per heavy atom. The third kappa shape index (κ3) is 3.66. The molecule has 1 atom stereocenters. The fraction of sp³-hybridized carbons (Fsp3) is 0.250. The lowest BCUT2D eigenvalue weighted by molar-refractivity contribution is -0.138. The fourth-order valence-electron chi connectivity index (χ4n) is 2.27. The molecular formula is C16H18N2O4. The van der Waals surface area contributed by atoms with Crippen LogP contribution in [0.3, 0.4) is 0 Å². The number of methoxy groups -OCH3 is 1. The number of aliphatic carboxylic acids is 1. The third-order valence-corrected chi connectivity index (χ3v) is 3.36. The van der Waals surface area contributed by atoms with Crippen LogP contribution >= 0.6 is 0 Å². The van der Waals surface area contributed by atoms with Gasteiger partial charge in [0.05, 0.1) is 7.11 Å². The zero-order chi connectivity index (χ0) is 16.1. The first-order chi connectivity index (χ1) is 10.5. The minimum absolute atomic E-state index is 0.00861. The van der Waals surface area contributed by atoms with Crippen molar-refractivity contribution in [2.75, 3.05) is 12.4 Å². The second-order valence-electron chi connectivity index (χ2n) is 4.94. The molecule has 4 N–H and O–H groups in total. The maximum atomic E-state index is 11.3. The van der Waals surface area contributed by atoms with E-state index in [-0.39, 0.29) is 12.8 Å². The molecule has 0 heterocycles. The minimum atomic E-state index is -1.03. The van der Waals surface area contributed by atoms with Crippen molar-refractivity contribution >= 4 is 28.3 Å². The van der Waals surface area contributed by atoms with Gasteiger partial charge in [-0.1, -0.05) is 24.3 Å². The van der Waals surface area contributed by atoms with Gasteiger partial charge in [-0.15, -0.1) is 0 Å². The normalized spacial score (nSPS) is 11.9. The number of carbonyl (C=O) groups is 2. The molecule has 2 aromatic rings. The summed E-state index contributed by atoms with van der Waals surface area (Å²) in [4.78, 5) is 22.1. The van der Waals surface area contributed by atoms with Crippen LogP contribution < -0.4 is 15.8 Å². The monoisotopic (exact) mass is 302 g/mol. The van der Waals surface area contributed by atoms with Gasteiger partial charge in [0.25, 0.3) is 0 Å². The lowest BCUT2D eigenvalue weighted by Crippen LogP contribution is -2.30. The zero-order valence-corrected chi connectivity index (χ0v) is 12.2. The number of hydrogen-bond donors (Lipinski definition) is 3. The van der Waals surface area contributed by atoms with E-state index in [1.807, 2.05) is 30.3 Å². The van der Waals surface area contributed by atoms with Crippen LogP contribution in [0.1, 0.15) is 12.8 Å². The SMILES string of the molecule is COc1cc(N[C@@H](CCC(N)=O)C(=O)O)cc2ccccc12. The molecule has 0 radical (unpaired) electrons. The summed E-state index contributed by atoms with van der Waals surface area (Å²) in [6.45, 7) is 0. The van der Waals surface area contributed by atoms with Gasteiger partial charge in [-0.05, 0) is 17.9 Å². The molecule has 0 bridgehead atoms. The van der Waals surface area contributed by atoms with Crippen LogP contribution in [0, 0.1) is 0 Å². The number of nitrogens with one attached hydrogen (secondary N) is 1. The Labute approximate surface area is 127 Å². The summed E-state index contributed by atoms with van der Waals surface area (Å²) in [5, 5.41) is 14.0. The minimum Gasteiger partial charge on any atom is -0.496 e. The smallest absolute Gasteiger partial charge is 0.326 e. The number of rotatable bonds is 7. The first-order valence-electron chi connectivity index (χ1n) is 6.85. The number of benzene rings is 2. The van der Waals surface area contributed by atoms with Gasteiger partial charge in [0.15, 0.2) is 0 Å². The van der Waals surface area contributed by atoms with Crippen LogP contribution in [0.2, 0.25) is 0 Å². The van der Waals surface area contributed by atoms with Crippen molar-refractivity contribution in [2.45, 2.75) is 18.9 Å². The van der Waals surface area contributed by atoms with Crippen LogP contribution in [0.15, 0.2) is 36.4 Å². The molecule has 6 nitrogen and oxygen atoms in total. The van der Waals surface area contributed by atoms with Crippen LogP contribution in [-0.4, -0.2) is 30.1 Å². The van der Waals surface area contributed by atoms with E-state index in [9.17, 15) is 14.7 Å². The Bertz CT molecular complexity index is 700. The van der Waals surface area contributed by atoms with Crippen LogP contribution in [-0.2, 0) is 9.59 Å². The van der Waals surface area contributed by atoms with E-state index in [4.69, 9.17) is 10.5 Å². The van der Waals surface area contributed by atoms with E-state index in [0.717, 1.165) is 10.8 Å². The van der Waals surface area contributed by atoms with E-state index in [1.54, 1.807) is 13.2 Å². The van der Waals surface area contributed by atoms with Gasteiger partial charge in [0.2, 0.25) is 5.91 Å². The highest BCUT2D eigenvalue weighted by Crippen LogP contribution is 2.30. The standard InChI is InChI=1S/C16H18N2O4/c1-22-14-9-11(8-10-4-2-3-5-12(10)14)18-13(16(20)21)6-7-15(17)19/h2-5,8-9,13,18H,6-7H2,1H3,(H2,17,19)(H,20,21)/t13-/m0/s1. The quantitative estimate of drug-likeness (QED) is 0.726. The highest BCUT2D eigenvalue weighted by Gasteiger charge is 2.18. The van der Waals surface area contributed by atoms with Crippen LogP contribution in [0.4, 0.5) is 5.69 Å². The Balaban J connectivity index is 2.29. The number of carboxylic acids is 1. The topological polar surface area (TPSA) is 102 Å². The maximum Gasteiger partial charge on any atom is 0.326 e. The summed E-state index contributed by atoms with van der Waals surface area (Å²) in [5.41, 5.74) is 5.69. The van der Waals surface area contributed by atoms with Crippen molar-refractivity contribution in [1.82, 2.24) is 0 Å². The number of carbonyl (C=O) groups excluding carboxylic acids is 1. The van der Waals surface area contributed by atoms with E-state index in [2.05, 4.69) is 5.32 Å². The summed E-state index contributed by atoms with van der Waals surface area (Å²) in [5.74, 6) is -0.905. The molecule has 0 aliphatic heterocycles. The average molecular weight is 302 g/mol. The molecule has 116 valence electrons. The maximum absolute atomic E-state index is 11.3. The summed E-state index contributed by atoms with van der Waals surface area (Å²) >= 11 is 0. The van der Waals surface area contributed by atoms with Crippen LogP contribution in [0.25, 0.3) is 10.8 Å². The number of hydrogen-bond acceptors (Lipinski definition) is 4. The molecule has 2 rings (SSSR count). The van der Waals surface area contributed by atoms with E-state index in [1.165, 1.54) is 0 Å². The van der Waals surface area contributed by atoms with Gasteiger partial charge in [-0.2, -0.15) is 0 Å². The van der Waals surface area contributed by atoms with Gasteiger partial charge in [0, 0.05) is 23.6 Å². The average Bonchev–Trinajstić information content (AvgIpc) is 2.50. The first-order valence-corrected chi connectivity index (χ1v) is 6.85. The Kier molecular flexibility index (Phi) is 4.83. The molecule has 0 spiro atoms. The number of primary amides is 1. The Morgan fingerprint density at radius 2 is 2.05 bits per heavy atom. The number of nitrogens with two attached hydrogens (primary N) is 1. The highest BCUT2D eigenvalue weighted by molar-refractivity contribution is 5.92. The van der Waals surface area contributed by atoms with Crippen molar-refractivity contribution in [3.63, 3.8) is 0 Å². The fourth-order valence-corrected chi connectivity index (χ4v) is 2.27. The molecule has 0 aliphatic carbocycles. The molecule has 2 aromatic carbocycles. The van der Waals surface area contributed by atoms with Crippen molar-refractivity contribution in [3.8, 4) is 5.75 Å². The molecular weight excluding hydrogens is 284 g/mol. The van der Waals surface area contributed by atoms with Crippen LogP contribution in [0.5, 0.6) is 5.75 Å². The van der Waals surface area contributed by atoms with E-state index < -0.39 is 17.9 Å². The van der Waals surface area contributed by atoms with Crippen molar-refractivity contribution in [2.24, 2.45) is 5.73 Å². The molecule has 0 saturated heterocycles. The summed E-state index contributed by atoms with van der Waals surface area (Å²) in [6, 6.07) is 10.3. The second kappa shape index (κ2) is 6.80. The molecule has 0 saturated carbocycles. The van der Waals surface area contributed by atoms with Crippen molar-refractivity contribution in [1.29, 1.82) is 0 Å². The Hall–Kier alpha value is -2.76. The molecule has 0 unspecified atom stereocenters. The zero-order valence-electron chi connectivity index (χ0n) is 12.2. The van der Waals surface area contributed by atoms with Gasteiger partial charge in [-0.25, -0.2) is 4.79 Å². The summed E-state index contributed by atoms with van der Waals surface area (Å²) in [7, 11) is 1.56. The Morgan fingerprint density at radius 3 is 2.68 bits per heavy atom. The number of amides is 1. The highest BCUT2D eigenvalue weighted by atomic mass is 16.5. The molecule has 1 amide bonds. The predicted octanol–water partition coefficient (Wildman–Crippen LogP) is 1.98. The van der Waals surface area contributed by atoms with E-state index in [0.29, 0.717) is 11.4 Å². The van der Waals surface area contributed by atoms with E-state index >= 15 is 0 Å². The second-order valence-corrected chi connectivity index (χ2v) is 4.94. The third-order valence-electron chi connectivity index (χ3n) is 3.36. The number of ether oxygens (including phenoxy) is 1. The van der Waals surface area contributed by atoms with Crippen molar-refractivity contribution in [3.05, 3.63) is 36.4 Å². The van der Waals surface area contributed by atoms with Gasteiger partial charge < -0.3 is 20.9 Å². The number of fused-ring (bicyclic) bond motifs is 1.